The lowest BCUT2D eigenvalue weighted by Crippen LogP contribution is -2.33. The van der Waals surface area contributed by atoms with Crippen LogP contribution in [-0.2, 0) is 10.8 Å². The second-order valence-electron chi connectivity index (χ2n) is 9.33. The molecule has 0 amide bonds. The second kappa shape index (κ2) is 8.90. The molecule has 0 heterocycles. The van der Waals surface area contributed by atoms with Crippen LogP contribution in [0.15, 0.2) is 35.2 Å². The van der Waals surface area contributed by atoms with Crippen LogP contribution in [0.1, 0.15) is 90.8 Å². The van der Waals surface area contributed by atoms with Crippen molar-refractivity contribution in [3.8, 4) is 0 Å². The van der Waals surface area contributed by atoms with Crippen molar-refractivity contribution in [3.63, 3.8) is 0 Å². The summed E-state index contributed by atoms with van der Waals surface area (Å²) in [4.78, 5) is 2.41. The highest BCUT2D eigenvalue weighted by Crippen LogP contribution is 2.46. The van der Waals surface area contributed by atoms with Gasteiger partial charge in [0, 0.05) is 13.1 Å². The van der Waals surface area contributed by atoms with Gasteiger partial charge < -0.3 is 4.90 Å². The molecule has 0 bridgehead atoms. The molecule has 1 aliphatic rings. The average molecular weight is 386 g/mol. The zero-order chi connectivity index (χ0) is 20.2. The van der Waals surface area contributed by atoms with Crippen molar-refractivity contribution in [2.24, 2.45) is 0 Å². The Morgan fingerprint density at radius 2 is 1.59 bits per heavy atom. The molecule has 1 aliphatic carbocycles. The zero-order valence-corrected chi connectivity index (χ0v) is 19.4. The Bertz CT molecular complexity index is 690. The molecule has 0 aromatic heterocycles. The number of benzene rings is 1. The first-order valence-corrected chi connectivity index (χ1v) is 11.4. The highest BCUT2D eigenvalue weighted by atomic mass is 32.2. The Hall–Kier alpha value is -1.15. The summed E-state index contributed by atoms with van der Waals surface area (Å²) in [6, 6.07) is 7.14. The maximum Gasteiger partial charge on any atom is 0.0676 e. The summed E-state index contributed by atoms with van der Waals surface area (Å²) in [5.74, 6) is 0. The third-order valence-electron chi connectivity index (χ3n) is 6.02. The lowest BCUT2D eigenvalue weighted by molar-refractivity contribution is 0.332. The van der Waals surface area contributed by atoms with Crippen molar-refractivity contribution >= 4 is 17.3 Å². The van der Waals surface area contributed by atoms with Crippen LogP contribution in [0.2, 0.25) is 0 Å². The maximum absolute atomic E-state index is 4.31. The number of fused-ring (bicyclic) bond motifs is 1. The first-order chi connectivity index (χ1) is 12.6. The van der Waals surface area contributed by atoms with Gasteiger partial charge in [0.2, 0.25) is 0 Å². The van der Waals surface area contributed by atoms with Crippen LogP contribution in [0.5, 0.6) is 0 Å². The van der Waals surface area contributed by atoms with Gasteiger partial charge in [-0.3, -0.25) is 0 Å². The minimum Gasteiger partial charge on any atom is -0.367 e. The summed E-state index contributed by atoms with van der Waals surface area (Å²) >= 11 is 1.77. The van der Waals surface area contributed by atoms with E-state index in [1.165, 1.54) is 35.1 Å². The van der Waals surface area contributed by atoms with Crippen molar-refractivity contribution in [1.29, 1.82) is 0 Å². The molecule has 0 saturated carbocycles. The van der Waals surface area contributed by atoms with E-state index >= 15 is 0 Å². The standard InChI is InChI=1S/C25H39NS/c1-9-15-26(16-10-2)20(4)27-18-19(3)21-11-12-22-23(17-21)25(7,8)14-13-24(22,5)6/h11-12,17-18H,4,9-10,13-16H2,1-3,5-8H3/b19-18+. The van der Waals surface area contributed by atoms with Gasteiger partial charge in [-0.2, -0.15) is 0 Å². The van der Waals surface area contributed by atoms with E-state index in [-0.39, 0.29) is 10.8 Å². The molecule has 150 valence electrons. The van der Waals surface area contributed by atoms with Gasteiger partial charge in [-0.1, -0.05) is 78.1 Å². The topological polar surface area (TPSA) is 3.24 Å². The van der Waals surface area contributed by atoms with Crippen molar-refractivity contribution in [1.82, 2.24) is 4.90 Å². The van der Waals surface area contributed by atoms with E-state index in [1.807, 2.05) is 0 Å². The van der Waals surface area contributed by atoms with E-state index in [1.54, 1.807) is 11.8 Å². The summed E-state index contributed by atoms with van der Waals surface area (Å²) in [7, 11) is 0. The first-order valence-electron chi connectivity index (χ1n) is 10.5. The molecular formula is C25H39NS. The Morgan fingerprint density at radius 1 is 1.04 bits per heavy atom. The summed E-state index contributed by atoms with van der Waals surface area (Å²) in [6.07, 6.45) is 4.85. The molecular weight excluding hydrogens is 346 g/mol. The van der Waals surface area contributed by atoms with E-state index in [0.717, 1.165) is 31.0 Å². The Labute approximate surface area is 172 Å². The van der Waals surface area contributed by atoms with E-state index in [9.17, 15) is 0 Å². The second-order valence-corrected chi connectivity index (χ2v) is 10.3. The molecule has 2 rings (SSSR count). The molecule has 0 N–H and O–H groups in total. The van der Waals surface area contributed by atoms with Crippen LogP contribution < -0.4 is 0 Å². The van der Waals surface area contributed by atoms with Gasteiger partial charge in [0.05, 0.1) is 5.03 Å². The van der Waals surface area contributed by atoms with E-state index in [2.05, 4.69) is 83.6 Å². The fourth-order valence-electron chi connectivity index (χ4n) is 4.03. The molecule has 2 heteroatoms. The third-order valence-corrected chi connectivity index (χ3v) is 7.02. The first kappa shape index (κ1) is 22.1. The number of hydrogen-bond acceptors (Lipinski definition) is 2. The van der Waals surface area contributed by atoms with Gasteiger partial charge in [0.25, 0.3) is 0 Å². The minimum absolute atomic E-state index is 0.261. The lowest BCUT2D eigenvalue weighted by Gasteiger charge is -2.42. The smallest absolute Gasteiger partial charge is 0.0676 e. The van der Waals surface area contributed by atoms with Crippen molar-refractivity contribution < 1.29 is 0 Å². The number of thioether (sulfide) groups is 1. The highest BCUT2D eigenvalue weighted by Gasteiger charge is 2.36. The zero-order valence-electron chi connectivity index (χ0n) is 18.6. The predicted molar refractivity (Wildman–Crippen MR) is 124 cm³/mol. The monoisotopic (exact) mass is 385 g/mol. The SMILES string of the molecule is C=C(S/C=C(\C)c1ccc2c(c1)C(C)(C)CCC2(C)C)N(CCC)CCC. The molecule has 27 heavy (non-hydrogen) atoms. The molecule has 0 fully saturated rings. The maximum atomic E-state index is 4.31. The van der Waals surface area contributed by atoms with Crippen molar-refractivity contribution in [2.75, 3.05) is 13.1 Å². The lowest BCUT2D eigenvalue weighted by atomic mass is 9.63. The number of allylic oxidation sites excluding steroid dienone is 1. The Kier molecular flexibility index (Phi) is 7.30. The van der Waals surface area contributed by atoms with Gasteiger partial charge in [0.15, 0.2) is 0 Å². The number of rotatable bonds is 8. The summed E-state index contributed by atoms with van der Waals surface area (Å²) in [6.45, 7) is 22.8. The van der Waals surface area contributed by atoms with Crippen LogP contribution in [0.25, 0.3) is 5.57 Å². The largest absolute Gasteiger partial charge is 0.367 e. The molecule has 0 atom stereocenters. The Balaban J connectivity index is 2.23. The molecule has 0 radical (unpaired) electrons. The van der Waals surface area contributed by atoms with Crippen LogP contribution in [0.3, 0.4) is 0 Å². The molecule has 1 aromatic rings. The number of nitrogens with zero attached hydrogens (tertiary/aromatic N) is 1. The van der Waals surface area contributed by atoms with Crippen molar-refractivity contribution in [2.45, 2.75) is 85.0 Å². The highest BCUT2D eigenvalue weighted by molar-refractivity contribution is 8.05. The van der Waals surface area contributed by atoms with Crippen LogP contribution >= 0.6 is 11.8 Å². The fraction of sp³-hybridized carbons (Fsp3) is 0.600. The van der Waals surface area contributed by atoms with Gasteiger partial charge >= 0.3 is 0 Å². The Morgan fingerprint density at radius 3 is 2.15 bits per heavy atom. The van der Waals surface area contributed by atoms with Gasteiger partial charge in [-0.15, -0.1) is 0 Å². The molecule has 1 nitrogen and oxygen atoms in total. The minimum atomic E-state index is 0.261. The number of hydrogen-bond donors (Lipinski definition) is 0. The van der Waals surface area contributed by atoms with E-state index < -0.39 is 0 Å². The van der Waals surface area contributed by atoms with Gasteiger partial charge in [0.1, 0.15) is 0 Å². The fourth-order valence-corrected chi connectivity index (χ4v) is 4.81. The average Bonchev–Trinajstić information content (AvgIpc) is 2.63. The van der Waals surface area contributed by atoms with Crippen LogP contribution in [0.4, 0.5) is 0 Å². The quantitative estimate of drug-likeness (QED) is 0.450. The molecule has 0 spiro atoms. The third kappa shape index (κ3) is 5.22. The summed E-state index contributed by atoms with van der Waals surface area (Å²) < 4.78 is 0. The van der Waals surface area contributed by atoms with Crippen molar-refractivity contribution in [3.05, 3.63) is 51.9 Å². The molecule has 1 aromatic carbocycles. The van der Waals surface area contributed by atoms with E-state index in [0.29, 0.717) is 0 Å². The summed E-state index contributed by atoms with van der Waals surface area (Å²) in [5.41, 5.74) is 6.28. The van der Waals surface area contributed by atoms with Gasteiger partial charge in [-0.05, 0) is 71.1 Å². The molecule has 0 saturated heterocycles. The summed E-state index contributed by atoms with van der Waals surface area (Å²) in [5, 5.41) is 3.45. The van der Waals surface area contributed by atoms with Crippen LogP contribution in [-0.4, -0.2) is 18.0 Å². The predicted octanol–water partition coefficient (Wildman–Crippen LogP) is 7.72. The van der Waals surface area contributed by atoms with Crippen LogP contribution in [0, 0.1) is 0 Å². The molecule has 0 unspecified atom stereocenters. The van der Waals surface area contributed by atoms with E-state index in [4.69, 9.17) is 0 Å². The van der Waals surface area contributed by atoms with Gasteiger partial charge in [-0.25, -0.2) is 0 Å². The molecule has 0 aliphatic heterocycles. The normalized spacial score (nSPS) is 18.1.